The van der Waals surface area contributed by atoms with Crippen molar-refractivity contribution in [3.63, 3.8) is 0 Å². The Morgan fingerprint density at radius 2 is 1.63 bits per heavy atom. The fraction of sp³-hybridized carbons (Fsp3) is 0.500. The molecule has 0 aliphatic carbocycles. The first-order valence-electron chi connectivity index (χ1n) is 8.22. The molecule has 0 atom stereocenters. The number of imide groups is 1. The number of benzene rings is 1. The second-order valence-electron chi connectivity index (χ2n) is 7.88. The van der Waals surface area contributed by atoms with Crippen molar-refractivity contribution in [3.8, 4) is 0 Å². The Bertz CT molecular complexity index is 843. The average molecular weight is 478 g/mol. The summed E-state index contributed by atoms with van der Waals surface area (Å²) < 4.78 is 15.9. The monoisotopic (exact) mass is 476 g/mol. The molecule has 0 aliphatic heterocycles. The van der Waals surface area contributed by atoms with Gasteiger partial charge in [-0.1, -0.05) is 27.5 Å². The van der Waals surface area contributed by atoms with Crippen molar-refractivity contribution in [3.05, 3.63) is 22.7 Å². The van der Waals surface area contributed by atoms with Crippen molar-refractivity contribution in [2.75, 3.05) is 4.90 Å². The van der Waals surface area contributed by atoms with Crippen molar-refractivity contribution in [2.24, 2.45) is 0 Å². The summed E-state index contributed by atoms with van der Waals surface area (Å²) in [6.45, 7) is 10.3. The van der Waals surface area contributed by atoms with Gasteiger partial charge in [-0.25, -0.2) is 9.59 Å². The van der Waals surface area contributed by atoms with E-state index in [1.165, 1.54) is 0 Å². The van der Waals surface area contributed by atoms with Crippen molar-refractivity contribution in [2.45, 2.75) is 58.1 Å². The highest BCUT2D eigenvalue weighted by Gasteiger charge is 2.35. The molecule has 0 radical (unpaired) electrons. The normalized spacial score (nSPS) is 12.1. The van der Waals surface area contributed by atoms with Crippen LogP contribution < -0.4 is 4.90 Å². The first-order valence-corrected chi connectivity index (χ1v) is 10.5. The smallest absolute Gasteiger partial charge is 0.425 e. The van der Waals surface area contributed by atoms with Gasteiger partial charge in [0.15, 0.2) is 5.82 Å². The molecule has 2 aromatic rings. The van der Waals surface area contributed by atoms with Gasteiger partial charge in [-0.2, -0.15) is 9.27 Å². The number of carbonyl (C=O) groups excluding carboxylic acids is 2. The molecule has 2 rings (SSSR count). The number of hydrogen-bond acceptors (Lipinski definition) is 6. The van der Waals surface area contributed by atoms with Crippen molar-refractivity contribution in [1.82, 2.24) is 4.37 Å². The molecule has 0 saturated heterocycles. The average Bonchev–Trinajstić information content (AvgIpc) is 2.85. The van der Waals surface area contributed by atoms with Gasteiger partial charge in [0.25, 0.3) is 0 Å². The van der Waals surface area contributed by atoms with Crippen LogP contribution in [0.1, 0.15) is 47.1 Å². The Hall–Kier alpha value is -1.38. The number of carbonyl (C=O) groups is 2. The van der Waals surface area contributed by atoms with Gasteiger partial charge in [0, 0.05) is 15.7 Å². The Morgan fingerprint density at radius 3 is 2.07 bits per heavy atom. The number of halogens is 2. The first-order chi connectivity index (χ1) is 12.3. The van der Waals surface area contributed by atoms with Gasteiger partial charge in [0.2, 0.25) is 0 Å². The third-order valence-corrected chi connectivity index (χ3v) is 4.88. The lowest BCUT2D eigenvalue weighted by molar-refractivity contribution is 0.0430. The third kappa shape index (κ3) is 5.56. The van der Waals surface area contributed by atoms with E-state index in [1.54, 1.807) is 53.7 Å². The topological polar surface area (TPSA) is 68.7 Å². The maximum absolute atomic E-state index is 12.8. The molecule has 0 spiro atoms. The second-order valence-corrected chi connectivity index (χ2v) is 9.65. The summed E-state index contributed by atoms with van der Waals surface area (Å²) in [6.07, 6.45) is -1.70. The molecule has 0 bridgehead atoms. The number of nitrogens with zero attached hydrogens (tertiary/aromatic N) is 2. The Morgan fingerprint density at radius 1 is 1.11 bits per heavy atom. The van der Waals surface area contributed by atoms with Gasteiger partial charge in [-0.3, -0.25) is 0 Å². The number of aromatic nitrogens is 1. The lowest BCUT2D eigenvalue weighted by atomic mass is 10.2. The lowest BCUT2D eigenvalue weighted by Crippen LogP contribution is -2.44. The maximum atomic E-state index is 12.8. The predicted octanol–water partition coefficient (Wildman–Crippen LogP) is 6.52. The molecule has 6 nitrogen and oxygen atoms in total. The third-order valence-electron chi connectivity index (χ3n) is 3.13. The van der Waals surface area contributed by atoms with E-state index in [1.807, 2.05) is 0 Å². The van der Waals surface area contributed by atoms with Crippen molar-refractivity contribution in [1.29, 1.82) is 0 Å². The number of hydrogen-bond donors (Lipinski definition) is 0. The predicted molar refractivity (Wildman–Crippen MR) is 112 cm³/mol. The highest BCUT2D eigenvalue weighted by molar-refractivity contribution is 9.08. The molecular weight excluding hydrogens is 456 g/mol. The summed E-state index contributed by atoms with van der Waals surface area (Å²) in [5, 5.41) is 1.72. The van der Waals surface area contributed by atoms with E-state index in [2.05, 4.69) is 20.3 Å². The van der Waals surface area contributed by atoms with Crippen LogP contribution in [0.5, 0.6) is 0 Å². The summed E-state index contributed by atoms with van der Waals surface area (Å²) in [7, 11) is 0. The molecule has 1 aromatic carbocycles. The minimum atomic E-state index is -0.848. The first kappa shape index (κ1) is 21.9. The van der Waals surface area contributed by atoms with Crippen molar-refractivity contribution < 1.29 is 19.1 Å². The van der Waals surface area contributed by atoms with E-state index in [-0.39, 0.29) is 5.82 Å². The van der Waals surface area contributed by atoms with Crippen molar-refractivity contribution >= 4 is 67.2 Å². The van der Waals surface area contributed by atoms with Crippen LogP contribution in [-0.4, -0.2) is 27.8 Å². The van der Waals surface area contributed by atoms with Crippen LogP contribution in [0, 0.1) is 0 Å². The van der Waals surface area contributed by atoms with Crippen LogP contribution in [-0.2, 0) is 14.8 Å². The van der Waals surface area contributed by atoms with Crippen LogP contribution in [0.15, 0.2) is 12.1 Å². The molecule has 1 aromatic heterocycles. The SMILES string of the molecule is CC(C)(C)OC(=O)N(C(=O)OC(C)(C)C)c1nsc2cc(Cl)c(CBr)cc12. The summed E-state index contributed by atoms with van der Waals surface area (Å²) in [6, 6.07) is 3.56. The fourth-order valence-electron chi connectivity index (χ4n) is 2.12. The van der Waals surface area contributed by atoms with Crippen LogP contribution >= 0.6 is 39.1 Å². The Balaban J connectivity index is 2.57. The fourth-order valence-corrected chi connectivity index (χ4v) is 3.82. The van der Waals surface area contributed by atoms with E-state index >= 15 is 0 Å². The van der Waals surface area contributed by atoms with Gasteiger partial charge in [-0.15, -0.1) is 0 Å². The van der Waals surface area contributed by atoms with Gasteiger partial charge in [0.05, 0.1) is 4.70 Å². The maximum Gasteiger partial charge on any atom is 0.425 e. The molecule has 27 heavy (non-hydrogen) atoms. The molecule has 2 amide bonds. The Kier molecular flexibility index (Phi) is 6.44. The molecule has 0 fully saturated rings. The number of rotatable bonds is 2. The molecule has 9 heteroatoms. The van der Waals surface area contributed by atoms with E-state index in [4.69, 9.17) is 21.1 Å². The standard InChI is InChI=1S/C18H22BrClN2O4S/c1-17(2,3)25-15(23)22(16(24)26-18(4,5)6)14-11-7-10(9-19)12(20)8-13(11)27-21-14/h7-8H,9H2,1-6H3. The van der Waals surface area contributed by atoms with Gasteiger partial charge in [-0.05, 0) is 70.8 Å². The number of fused-ring (bicyclic) bond motifs is 1. The molecule has 0 aliphatic rings. The molecule has 148 valence electrons. The zero-order valence-corrected chi connectivity index (χ0v) is 19.2. The van der Waals surface area contributed by atoms with Crippen LogP contribution in [0.2, 0.25) is 5.02 Å². The number of amides is 2. The summed E-state index contributed by atoms with van der Waals surface area (Å²) in [4.78, 5) is 26.4. The zero-order valence-electron chi connectivity index (χ0n) is 16.1. The van der Waals surface area contributed by atoms with Crippen LogP contribution in [0.3, 0.4) is 0 Å². The van der Waals surface area contributed by atoms with Gasteiger partial charge < -0.3 is 9.47 Å². The summed E-state index contributed by atoms with van der Waals surface area (Å²) in [5.74, 6) is 0.164. The minimum Gasteiger partial charge on any atom is -0.443 e. The lowest BCUT2D eigenvalue weighted by Gasteiger charge is -2.27. The number of anilines is 1. The molecular formula is C18H22BrClN2O4S. The van der Waals surface area contributed by atoms with E-state index in [0.29, 0.717) is 15.7 Å². The second kappa shape index (κ2) is 7.93. The number of ether oxygens (including phenoxy) is 2. The van der Waals surface area contributed by atoms with E-state index in [0.717, 1.165) is 26.7 Å². The number of alkyl halides is 1. The largest absolute Gasteiger partial charge is 0.443 e. The minimum absolute atomic E-state index is 0.164. The molecule has 0 N–H and O–H groups in total. The Labute approximate surface area is 176 Å². The van der Waals surface area contributed by atoms with Crippen LogP contribution in [0.25, 0.3) is 10.1 Å². The van der Waals surface area contributed by atoms with Crippen LogP contribution in [0.4, 0.5) is 15.4 Å². The molecule has 1 heterocycles. The quantitative estimate of drug-likeness (QED) is 0.460. The summed E-state index contributed by atoms with van der Waals surface area (Å²) >= 11 is 10.8. The van der Waals surface area contributed by atoms with E-state index in [9.17, 15) is 9.59 Å². The highest BCUT2D eigenvalue weighted by Crippen LogP contribution is 2.35. The van der Waals surface area contributed by atoms with E-state index < -0.39 is 23.4 Å². The van der Waals surface area contributed by atoms with Gasteiger partial charge in [0.1, 0.15) is 11.2 Å². The zero-order chi connectivity index (χ0) is 20.6. The molecule has 0 saturated carbocycles. The highest BCUT2D eigenvalue weighted by atomic mass is 79.9. The summed E-state index contributed by atoms with van der Waals surface area (Å²) in [5.41, 5.74) is -0.750. The van der Waals surface area contributed by atoms with Gasteiger partial charge >= 0.3 is 12.2 Å². The molecule has 0 unspecified atom stereocenters.